The van der Waals surface area contributed by atoms with Crippen LogP contribution in [0.25, 0.3) is 0 Å². The lowest BCUT2D eigenvalue weighted by Gasteiger charge is -2.28. The van der Waals surface area contributed by atoms with Gasteiger partial charge >= 0.3 is 0 Å². The Morgan fingerprint density at radius 3 is 3.00 bits per heavy atom. The summed E-state index contributed by atoms with van der Waals surface area (Å²) in [5.41, 5.74) is 1.68. The minimum atomic E-state index is 0.878. The highest BCUT2D eigenvalue weighted by Crippen LogP contribution is 2.19. The van der Waals surface area contributed by atoms with Gasteiger partial charge in [-0.15, -0.1) is 0 Å². The summed E-state index contributed by atoms with van der Waals surface area (Å²) >= 11 is 0. The number of rotatable bonds is 4. The first kappa shape index (κ1) is 12.1. The molecule has 1 aliphatic heterocycles. The molecule has 0 saturated carbocycles. The van der Waals surface area contributed by atoms with Crippen LogP contribution in [0.4, 0.5) is 0 Å². The van der Waals surface area contributed by atoms with E-state index in [4.69, 9.17) is 0 Å². The monoisotopic (exact) mass is 222 g/mol. The Bertz CT molecular complexity index is 229. The minimum absolute atomic E-state index is 0.878. The second-order valence-electron chi connectivity index (χ2n) is 5.52. The van der Waals surface area contributed by atoms with E-state index in [1.165, 1.54) is 64.7 Å². The second-order valence-corrected chi connectivity index (χ2v) is 5.52. The maximum Gasteiger partial charge on any atom is 0.0189 e. The third-order valence-corrected chi connectivity index (χ3v) is 3.83. The van der Waals surface area contributed by atoms with Gasteiger partial charge in [-0.1, -0.05) is 11.6 Å². The van der Waals surface area contributed by atoms with Gasteiger partial charge in [0.05, 0.1) is 0 Å². The zero-order valence-electron chi connectivity index (χ0n) is 10.7. The van der Waals surface area contributed by atoms with Gasteiger partial charge in [0.15, 0.2) is 0 Å². The number of likely N-dealkylation sites (N-methyl/N-ethyl adjacent to an activating group) is 1. The normalized spacial score (nSPS) is 26.9. The van der Waals surface area contributed by atoms with E-state index in [9.17, 15) is 0 Å². The van der Waals surface area contributed by atoms with Crippen LogP contribution < -0.4 is 5.32 Å². The van der Waals surface area contributed by atoms with Gasteiger partial charge in [-0.3, -0.25) is 0 Å². The molecule has 0 aromatic heterocycles. The largest absolute Gasteiger partial charge is 0.316 e. The highest BCUT2D eigenvalue weighted by atomic mass is 15.1. The third kappa shape index (κ3) is 3.91. The van der Waals surface area contributed by atoms with Crippen LogP contribution in [-0.4, -0.2) is 38.1 Å². The summed E-state index contributed by atoms with van der Waals surface area (Å²) in [6, 6.07) is 0. The molecular weight excluding hydrogens is 196 g/mol. The number of hydrogen-bond acceptors (Lipinski definition) is 2. The molecular formula is C14H26N2. The Hall–Kier alpha value is -0.340. The Balaban J connectivity index is 1.70. The zero-order chi connectivity index (χ0) is 11.2. The van der Waals surface area contributed by atoms with E-state index in [-0.39, 0.29) is 0 Å². The van der Waals surface area contributed by atoms with Crippen LogP contribution in [0.3, 0.4) is 0 Å². The predicted molar refractivity (Wildman–Crippen MR) is 69.6 cm³/mol. The smallest absolute Gasteiger partial charge is 0.0189 e. The second kappa shape index (κ2) is 6.41. The van der Waals surface area contributed by atoms with E-state index in [2.05, 4.69) is 23.3 Å². The molecule has 0 aromatic carbocycles. The quantitative estimate of drug-likeness (QED) is 0.735. The number of allylic oxidation sites excluding steroid dienone is 1. The fraction of sp³-hybridized carbons (Fsp3) is 0.857. The van der Waals surface area contributed by atoms with E-state index < -0.39 is 0 Å². The Morgan fingerprint density at radius 2 is 2.31 bits per heavy atom. The van der Waals surface area contributed by atoms with Gasteiger partial charge in [-0.25, -0.2) is 0 Å². The lowest BCUT2D eigenvalue weighted by atomic mass is 9.97. The van der Waals surface area contributed by atoms with E-state index in [1.54, 1.807) is 5.57 Å². The molecule has 16 heavy (non-hydrogen) atoms. The molecule has 1 N–H and O–H groups in total. The van der Waals surface area contributed by atoms with Crippen molar-refractivity contribution in [3.05, 3.63) is 11.6 Å². The average Bonchev–Trinajstić information content (AvgIpc) is 2.31. The highest BCUT2D eigenvalue weighted by molar-refractivity contribution is 5.07. The predicted octanol–water partition coefficient (Wildman–Crippen LogP) is 2.42. The van der Waals surface area contributed by atoms with E-state index in [0.29, 0.717) is 0 Å². The van der Waals surface area contributed by atoms with Crippen molar-refractivity contribution in [1.29, 1.82) is 0 Å². The molecule has 2 heteroatoms. The minimum Gasteiger partial charge on any atom is -0.316 e. The Kier molecular flexibility index (Phi) is 4.86. The molecule has 0 amide bonds. The first-order valence-corrected chi connectivity index (χ1v) is 6.92. The Morgan fingerprint density at radius 1 is 1.38 bits per heavy atom. The molecule has 1 aliphatic carbocycles. The van der Waals surface area contributed by atoms with Crippen LogP contribution in [0.1, 0.15) is 38.5 Å². The van der Waals surface area contributed by atoms with Gasteiger partial charge in [-0.2, -0.15) is 0 Å². The standard InChI is InChI=1S/C14H26N2/c1-16(11-13-6-3-2-4-7-13)12-14-8-5-9-15-10-14/h6,14-15H,2-5,7-12H2,1H3/t14-/m0/s1. The molecule has 1 heterocycles. The number of nitrogens with zero attached hydrogens (tertiary/aromatic N) is 1. The summed E-state index contributed by atoms with van der Waals surface area (Å²) in [4.78, 5) is 2.52. The van der Waals surface area contributed by atoms with Gasteiger partial charge in [0.2, 0.25) is 0 Å². The van der Waals surface area contributed by atoms with Crippen LogP contribution in [0, 0.1) is 5.92 Å². The summed E-state index contributed by atoms with van der Waals surface area (Å²) in [6.07, 6.45) is 10.7. The van der Waals surface area contributed by atoms with Crippen molar-refractivity contribution >= 4 is 0 Å². The Labute approximate surface area is 100 Å². The molecule has 92 valence electrons. The number of piperidine rings is 1. The maximum atomic E-state index is 3.50. The van der Waals surface area contributed by atoms with Crippen LogP contribution in [-0.2, 0) is 0 Å². The summed E-state index contributed by atoms with van der Waals surface area (Å²) in [5, 5.41) is 3.50. The topological polar surface area (TPSA) is 15.3 Å². The van der Waals surface area contributed by atoms with Crippen LogP contribution in [0.2, 0.25) is 0 Å². The van der Waals surface area contributed by atoms with Gasteiger partial charge < -0.3 is 10.2 Å². The van der Waals surface area contributed by atoms with Gasteiger partial charge in [0, 0.05) is 13.1 Å². The summed E-state index contributed by atoms with van der Waals surface area (Å²) in [6.45, 7) is 4.93. The molecule has 2 rings (SSSR count). The lowest BCUT2D eigenvalue weighted by molar-refractivity contribution is 0.254. The molecule has 2 aliphatic rings. The maximum absolute atomic E-state index is 3.50. The molecule has 1 atom stereocenters. The highest BCUT2D eigenvalue weighted by Gasteiger charge is 2.15. The van der Waals surface area contributed by atoms with Crippen molar-refractivity contribution in [2.24, 2.45) is 5.92 Å². The first-order valence-electron chi connectivity index (χ1n) is 6.92. The summed E-state index contributed by atoms with van der Waals surface area (Å²) in [5.74, 6) is 0.878. The van der Waals surface area contributed by atoms with Crippen molar-refractivity contribution in [3.63, 3.8) is 0 Å². The van der Waals surface area contributed by atoms with Crippen molar-refractivity contribution in [2.75, 3.05) is 33.2 Å². The van der Waals surface area contributed by atoms with E-state index >= 15 is 0 Å². The van der Waals surface area contributed by atoms with Crippen LogP contribution in [0.5, 0.6) is 0 Å². The SMILES string of the molecule is CN(CC1=CCCCC1)C[C@H]1CCCNC1. The van der Waals surface area contributed by atoms with Gasteiger partial charge in [0.25, 0.3) is 0 Å². The lowest BCUT2D eigenvalue weighted by Crippen LogP contribution is -2.37. The van der Waals surface area contributed by atoms with E-state index in [0.717, 1.165) is 5.92 Å². The fourth-order valence-electron chi connectivity index (χ4n) is 2.98. The molecule has 1 saturated heterocycles. The van der Waals surface area contributed by atoms with Crippen LogP contribution in [0.15, 0.2) is 11.6 Å². The summed E-state index contributed by atoms with van der Waals surface area (Å²) < 4.78 is 0. The molecule has 0 bridgehead atoms. The first-order chi connectivity index (χ1) is 7.84. The van der Waals surface area contributed by atoms with Crippen molar-refractivity contribution in [2.45, 2.75) is 38.5 Å². The van der Waals surface area contributed by atoms with Crippen molar-refractivity contribution < 1.29 is 0 Å². The molecule has 0 unspecified atom stereocenters. The molecule has 2 nitrogen and oxygen atoms in total. The van der Waals surface area contributed by atoms with Gasteiger partial charge in [0.1, 0.15) is 0 Å². The van der Waals surface area contributed by atoms with Crippen molar-refractivity contribution in [1.82, 2.24) is 10.2 Å². The van der Waals surface area contributed by atoms with Crippen molar-refractivity contribution in [3.8, 4) is 0 Å². The fourth-order valence-corrected chi connectivity index (χ4v) is 2.98. The average molecular weight is 222 g/mol. The van der Waals surface area contributed by atoms with Crippen LogP contribution >= 0.6 is 0 Å². The molecule has 0 aromatic rings. The summed E-state index contributed by atoms with van der Waals surface area (Å²) in [7, 11) is 2.28. The third-order valence-electron chi connectivity index (χ3n) is 3.83. The molecule has 1 fully saturated rings. The molecule has 0 spiro atoms. The molecule has 0 radical (unpaired) electrons. The van der Waals surface area contributed by atoms with Gasteiger partial charge in [-0.05, 0) is 64.6 Å². The number of nitrogens with one attached hydrogen (secondary N) is 1. The number of hydrogen-bond donors (Lipinski definition) is 1. The van der Waals surface area contributed by atoms with E-state index in [1.807, 2.05) is 0 Å². The zero-order valence-corrected chi connectivity index (χ0v) is 10.7.